The molecule has 0 saturated heterocycles. The number of fused-ring (bicyclic) bond motifs is 2. The SMILES string of the molecule is COc1cc2c(cc1OC)CN(CCCNSc1ccc(F)c3ccccc13)CC2. The monoisotopic (exact) mass is 426 g/mol. The Bertz CT molecular complexity index is 1030. The van der Waals surface area contributed by atoms with Crippen LogP contribution in [0.5, 0.6) is 11.5 Å². The molecule has 0 saturated carbocycles. The van der Waals surface area contributed by atoms with Crippen molar-refractivity contribution < 1.29 is 13.9 Å². The molecule has 1 N–H and O–H groups in total. The smallest absolute Gasteiger partial charge is 0.161 e. The average Bonchev–Trinajstić information content (AvgIpc) is 2.79. The van der Waals surface area contributed by atoms with Gasteiger partial charge in [0.05, 0.1) is 14.2 Å². The molecule has 1 aliphatic rings. The zero-order valence-corrected chi connectivity index (χ0v) is 18.2. The topological polar surface area (TPSA) is 33.7 Å². The molecule has 4 nitrogen and oxygen atoms in total. The fraction of sp³-hybridized carbons (Fsp3) is 0.333. The Morgan fingerprint density at radius 2 is 1.73 bits per heavy atom. The van der Waals surface area contributed by atoms with E-state index >= 15 is 0 Å². The van der Waals surface area contributed by atoms with E-state index in [1.807, 2.05) is 30.3 Å². The van der Waals surface area contributed by atoms with E-state index in [0.29, 0.717) is 5.39 Å². The van der Waals surface area contributed by atoms with E-state index in [1.165, 1.54) is 11.1 Å². The number of halogens is 1. The highest BCUT2D eigenvalue weighted by Gasteiger charge is 2.19. The molecule has 0 aromatic heterocycles. The van der Waals surface area contributed by atoms with E-state index in [-0.39, 0.29) is 5.82 Å². The molecule has 0 radical (unpaired) electrons. The van der Waals surface area contributed by atoms with Crippen LogP contribution in [-0.2, 0) is 13.0 Å². The lowest BCUT2D eigenvalue weighted by atomic mass is 9.98. The van der Waals surface area contributed by atoms with Crippen molar-refractivity contribution in [3.05, 3.63) is 65.5 Å². The second kappa shape index (κ2) is 9.69. The highest BCUT2D eigenvalue weighted by Crippen LogP contribution is 2.33. The molecular formula is C24H27FN2O2S. The number of nitrogens with one attached hydrogen (secondary N) is 1. The Morgan fingerprint density at radius 1 is 1.00 bits per heavy atom. The summed E-state index contributed by atoms with van der Waals surface area (Å²) in [5.74, 6) is 1.43. The van der Waals surface area contributed by atoms with Gasteiger partial charge in [-0.2, -0.15) is 0 Å². The van der Waals surface area contributed by atoms with E-state index in [2.05, 4.69) is 21.8 Å². The summed E-state index contributed by atoms with van der Waals surface area (Å²) in [4.78, 5) is 3.54. The Hall–Kier alpha value is -2.28. The maximum Gasteiger partial charge on any atom is 0.161 e. The highest BCUT2D eigenvalue weighted by atomic mass is 32.2. The van der Waals surface area contributed by atoms with Crippen molar-refractivity contribution in [3.8, 4) is 11.5 Å². The molecule has 0 unspecified atom stereocenters. The molecule has 6 heteroatoms. The number of ether oxygens (including phenoxy) is 2. The molecule has 0 spiro atoms. The summed E-state index contributed by atoms with van der Waals surface area (Å²) in [7, 11) is 3.36. The first-order chi connectivity index (χ1) is 14.7. The summed E-state index contributed by atoms with van der Waals surface area (Å²) < 4.78 is 28.3. The lowest BCUT2D eigenvalue weighted by Crippen LogP contribution is -2.32. The normalized spacial score (nSPS) is 14.0. The second-order valence-electron chi connectivity index (χ2n) is 7.44. The van der Waals surface area contributed by atoms with Gasteiger partial charge in [-0.05, 0) is 72.1 Å². The third-order valence-electron chi connectivity index (χ3n) is 5.56. The molecule has 0 amide bonds. The Kier molecular flexibility index (Phi) is 6.77. The molecule has 158 valence electrons. The van der Waals surface area contributed by atoms with Crippen LogP contribution in [0.3, 0.4) is 0 Å². The summed E-state index contributed by atoms with van der Waals surface area (Å²) in [6.45, 7) is 3.92. The molecule has 0 bridgehead atoms. The molecule has 30 heavy (non-hydrogen) atoms. The van der Waals surface area contributed by atoms with Crippen LogP contribution in [0.4, 0.5) is 4.39 Å². The van der Waals surface area contributed by atoms with Gasteiger partial charge >= 0.3 is 0 Å². The van der Waals surface area contributed by atoms with Gasteiger partial charge in [-0.15, -0.1) is 0 Å². The quantitative estimate of drug-likeness (QED) is 0.403. The fourth-order valence-electron chi connectivity index (χ4n) is 3.96. The van der Waals surface area contributed by atoms with Gasteiger partial charge < -0.3 is 9.47 Å². The van der Waals surface area contributed by atoms with Gasteiger partial charge in [0.25, 0.3) is 0 Å². The van der Waals surface area contributed by atoms with Crippen LogP contribution in [0.1, 0.15) is 17.5 Å². The standard InChI is InChI=1S/C24H27FN2O2S/c1-28-22-14-17-10-13-27(16-18(17)15-23(22)29-2)12-5-11-26-30-24-9-8-21(25)19-6-3-4-7-20(19)24/h3-4,6-9,14-15,26H,5,10-13,16H2,1-2H3. The maximum atomic E-state index is 14.0. The van der Waals surface area contributed by atoms with Crippen molar-refractivity contribution in [1.82, 2.24) is 9.62 Å². The fourth-order valence-corrected chi connectivity index (χ4v) is 4.79. The third-order valence-corrected chi connectivity index (χ3v) is 6.49. The second-order valence-corrected chi connectivity index (χ2v) is 8.38. The number of nitrogens with zero attached hydrogens (tertiary/aromatic N) is 1. The molecule has 3 aromatic rings. The third kappa shape index (κ3) is 4.56. The lowest BCUT2D eigenvalue weighted by molar-refractivity contribution is 0.250. The average molecular weight is 427 g/mol. The van der Waals surface area contributed by atoms with Crippen LogP contribution < -0.4 is 14.2 Å². The first kappa shape index (κ1) is 21.0. The van der Waals surface area contributed by atoms with E-state index in [4.69, 9.17) is 9.47 Å². The maximum absolute atomic E-state index is 14.0. The minimum Gasteiger partial charge on any atom is -0.493 e. The van der Waals surface area contributed by atoms with Gasteiger partial charge in [0, 0.05) is 29.9 Å². The van der Waals surface area contributed by atoms with Crippen LogP contribution in [0.2, 0.25) is 0 Å². The molecule has 1 heterocycles. The zero-order chi connectivity index (χ0) is 20.9. The number of benzene rings is 3. The van der Waals surface area contributed by atoms with Gasteiger partial charge in [-0.25, -0.2) is 4.39 Å². The molecule has 4 rings (SSSR count). The van der Waals surface area contributed by atoms with E-state index in [0.717, 1.165) is 60.8 Å². The molecule has 0 atom stereocenters. The first-order valence-electron chi connectivity index (χ1n) is 10.2. The molecular weight excluding hydrogens is 399 g/mol. The van der Waals surface area contributed by atoms with Crippen molar-refractivity contribution >= 4 is 22.7 Å². The summed E-state index contributed by atoms with van der Waals surface area (Å²) in [6, 6.07) is 15.2. The summed E-state index contributed by atoms with van der Waals surface area (Å²) in [5.41, 5.74) is 2.67. The first-order valence-corrected chi connectivity index (χ1v) is 11.0. The minimum atomic E-state index is -0.172. The number of hydrogen-bond acceptors (Lipinski definition) is 5. The van der Waals surface area contributed by atoms with Crippen LogP contribution in [0, 0.1) is 5.82 Å². The predicted octanol–water partition coefficient (Wildman–Crippen LogP) is 5.04. The summed E-state index contributed by atoms with van der Waals surface area (Å²) in [6.07, 6.45) is 2.08. The Balaban J connectivity index is 1.28. The van der Waals surface area contributed by atoms with E-state index in [9.17, 15) is 4.39 Å². The molecule has 1 aliphatic heterocycles. The van der Waals surface area contributed by atoms with Crippen LogP contribution in [-0.4, -0.2) is 38.8 Å². The number of rotatable bonds is 8. The van der Waals surface area contributed by atoms with E-state index < -0.39 is 0 Å². The van der Waals surface area contributed by atoms with Crippen molar-refractivity contribution in [1.29, 1.82) is 0 Å². The lowest BCUT2D eigenvalue weighted by Gasteiger charge is -2.29. The van der Waals surface area contributed by atoms with Crippen molar-refractivity contribution in [2.24, 2.45) is 0 Å². The Labute approximate surface area is 181 Å². The Morgan fingerprint density at radius 3 is 2.50 bits per heavy atom. The number of hydrogen-bond donors (Lipinski definition) is 1. The molecule has 3 aromatic carbocycles. The largest absolute Gasteiger partial charge is 0.493 e. The summed E-state index contributed by atoms with van der Waals surface area (Å²) >= 11 is 1.58. The highest BCUT2D eigenvalue weighted by molar-refractivity contribution is 7.97. The van der Waals surface area contributed by atoms with Crippen molar-refractivity contribution in [2.45, 2.75) is 24.3 Å². The van der Waals surface area contributed by atoms with Gasteiger partial charge in [-0.1, -0.05) is 24.3 Å². The van der Waals surface area contributed by atoms with Gasteiger partial charge in [0.2, 0.25) is 0 Å². The molecule has 0 fully saturated rings. The number of methoxy groups -OCH3 is 2. The van der Waals surface area contributed by atoms with Crippen molar-refractivity contribution in [3.63, 3.8) is 0 Å². The van der Waals surface area contributed by atoms with Gasteiger partial charge in [0.15, 0.2) is 11.5 Å². The van der Waals surface area contributed by atoms with Crippen molar-refractivity contribution in [2.75, 3.05) is 33.9 Å². The van der Waals surface area contributed by atoms with Crippen LogP contribution in [0.25, 0.3) is 10.8 Å². The minimum absolute atomic E-state index is 0.172. The van der Waals surface area contributed by atoms with Gasteiger partial charge in [0.1, 0.15) is 5.82 Å². The zero-order valence-electron chi connectivity index (χ0n) is 17.4. The summed E-state index contributed by atoms with van der Waals surface area (Å²) in [5, 5.41) is 1.62. The molecule has 0 aliphatic carbocycles. The predicted molar refractivity (Wildman–Crippen MR) is 121 cm³/mol. The van der Waals surface area contributed by atoms with Crippen LogP contribution in [0.15, 0.2) is 53.4 Å². The van der Waals surface area contributed by atoms with Gasteiger partial charge in [-0.3, -0.25) is 9.62 Å². The van der Waals surface area contributed by atoms with E-state index in [1.54, 1.807) is 32.2 Å². The van der Waals surface area contributed by atoms with Crippen LogP contribution >= 0.6 is 11.9 Å².